The van der Waals surface area contributed by atoms with Crippen molar-refractivity contribution in [2.75, 3.05) is 33.3 Å². The number of ether oxygens (including phenoxy) is 1. The van der Waals surface area contributed by atoms with Gasteiger partial charge in [0.25, 0.3) is 0 Å². The normalized spacial score (nSPS) is 16.8. The molecule has 1 fully saturated rings. The smallest absolute Gasteiger partial charge is 0.243 e. The van der Waals surface area contributed by atoms with Crippen molar-refractivity contribution in [2.24, 2.45) is 5.41 Å². The second-order valence-corrected chi connectivity index (χ2v) is 9.44. The topological polar surface area (TPSA) is 66.9 Å². The zero-order valence-corrected chi connectivity index (χ0v) is 16.7. The lowest BCUT2D eigenvalue weighted by molar-refractivity contribution is -0.140. The van der Waals surface area contributed by atoms with Crippen molar-refractivity contribution >= 4 is 15.9 Å². The average Bonchev–Trinajstić information content (AvgIpc) is 2.55. The van der Waals surface area contributed by atoms with E-state index >= 15 is 0 Å². The summed E-state index contributed by atoms with van der Waals surface area (Å²) >= 11 is 0. The molecule has 140 valence electrons. The van der Waals surface area contributed by atoms with Crippen molar-refractivity contribution in [3.05, 3.63) is 23.3 Å². The van der Waals surface area contributed by atoms with Crippen LogP contribution in [0.15, 0.2) is 17.0 Å². The van der Waals surface area contributed by atoms with E-state index in [9.17, 15) is 13.2 Å². The molecule has 0 radical (unpaired) electrons. The Morgan fingerprint density at radius 1 is 1.04 bits per heavy atom. The highest BCUT2D eigenvalue weighted by atomic mass is 32.2. The molecule has 0 unspecified atom stereocenters. The van der Waals surface area contributed by atoms with Crippen molar-refractivity contribution in [3.8, 4) is 5.75 Å². The maximum atomic E-state index is 13.0. The Morgan fingerprint density at radius 2 is 1.60 bits per heavy atom. The van der Waals surface area contributed by atoms with E-state index < -0.39 is 15.4 Å². The zero-order valence-electron chi connectivity index (χ0n) is 15.9. The van der Waals surface area contributed by atoms with Crippen LogP contribution in [-0.4, -0.2) is 56.8 Å². The summed E-state index contributed by atoms with van der Waals surface area (Å²) in [5.41, 5.74) is 0.994. The number of methoxy groups -OCH3 is 1. The van der Waals surface area contributed by atoms with E-state index in [1.54, 1.807) is 31.1 Å². The summed E-state index contributed by atoms with van der Waals surface area (Å²) in [4.78, 5) is 14.4. The molecule has 1 aliphatic rings. The number of nitrogens with zero attached hydrogens (tertiary/aromatic N) is 2. The molecule has 2 rings (SSSR count). The number of sulfonamides is 1. The van der Waals surface area contributed by atoms with Gasteiger partial charge in [-0.05, 0) is 37.1 Å². The highest BCUT2D eigenvalue weighted by Crippen LogP contribution is 2.28. The molecule has 0 aromatic heterocycles. The SMILES string of the molecule is COc1cc(C)c(S(=O)(=O)N2CCN(C(=O)C(C)(C)C)CC2)cc1C. The number of hydrogen-bond donors (Lipinski definition) is 0. The van der Waals surface area contributed by atoms with Gasteiger partial charge in [0.05, 0.1) is 12.0 Å². The number of piperazine rings is 1. The molecule has 0 aliphatic carbocycles. The predicted octanol–water partition coefficient (Wildman–Crippen LogP) is 2.19. The summed E-state index contributed by atoms with van der Waals surface area (Å²) in [7, 11) is -2.01. The third-order valence-electron chi connectivity index (χ3n) is 4.48. The van der Waals surface area contributed by atoms with Gasteiger partial charge < -0.3 is 9.64 Å². The van der Waals surface area contributed by atoms with E-state index in [4.69, 9.17) is 4.74 Å². The van der Waals surface area contributed by atoms with Crippen molar-refractivity contribution < 1.29 is 17.9 Å². The Kier molecular flexibility index (Phi) is 5.49. The van der Waals surface area contributed by atoms with E-state index in [1.165, 1.54) is 4.31 Å². The third kappa shape index (κ3) is 3.98. The van der Waals surface area contributed by atoms with Gasteiger partial charge in [0, 0.05) is 31.6 Å². The van der Waals surface area contributed by atoms with Crippen LogP contribution in [0.2, 0.25) is 0 Å². The lowest BCUT2D eigenvalue weighted by Crippen LogP contribution is -2.53. The van der Waals surface area contributed by atoms with Crippen LogP contribution >= 0.6 is 0 Å². The fourth-order valence-electron chi connectivity index (χ4n) is 3.01. The Bertz CT molecular complexity index is 758. The van der Waals surface area contributed by atoms with Gasteiger partial charge in [-0.1, -0.05) is 20.8 Å². The molecule has 0 atom stereocenters. The minimum atomic E-state index is -3.58. The summed E-state index contributed by atoms with van der Waals surface area (Å²) in [6.45, 7) is 10.7. The lowest BCUT2D eigenvalue weighted by Gasteiger charge is -2.37. The average molecular weight is 368 g/mol. The second kappa shape index (κ2) is 6.96. The molecule has 1 amide bonds. The van der Waals surface area contributed by atoms with Gasteiger partial charge in [-0.15, -0.1) is 0 Å². The second-order valence-electron chi connectivity index (χ2n) is 7.53. The summed E-state index contributed by atoms with van der Waals surface area (Å²) in [6, 6.07) is 3.41. The van der Waals surface area contributed by atoms with Gasteiger partial charge in [-0.25, -0.2) is 8.42 Å². The number of carbonyl (C=O) groups excluding carboxylic acids is 1. The quantitative estimate of drug-likeness (QED) is 0.820. The first-order valence-electron chi connectivity index (χ1n) is 8.43. The summed E-state index contributed by atoms with van der Waals surface area (Å²) in [5.74, 6) is 0.734. The standard InChI is InChI=1S/C18H28N2O4S/c1-13-12-16(14(2)11-15(13)24-6)25(22,23)20-9-7-19(8-10-20)17(21)18(3,4)5/h11-12H,7-10H2,1-6H3. The van der Waals surface area contributed by atoms with Gasteiger partial charge in [0.1, 0.15) is 5.75 Å². The minimum Gasteiger partial charge on any atom is -0.496 e. The van der Waals surface area contributed by atoms with Gasteiger partial charge in [0.2, 0.25) is 15.9 Å². The minimum absolute atomic E-state index is 0.0565. The third-order valence-corrected chi connectivity index (χ3v) is 6.52. The van der Waals surface area contributed by atoms with Gasteiger partial charge in [-0.3, -0.25) is 4.79 Å². The molecule has 1 saturated heterocycles. The number of benzene rings is 1. The molecule has 1 heterocycles. The Morgan fingerprint density at radius 3 is 2.08 bits per heavy atom. The van der Waals surface area contributed by atoms with Crippen molar-refractivity contribution in [2.45, 2.75) is 39.5 Å². The van der Waals surface area contributed by atoms with Crippen LogP contribution in [0, 0.1) is 19.3 Å². The molecule has 1 aromatic carbocycles. The zero-order chi connectivity index (χ0) is 19.0. The lowest BCUT2D eigenvalue weighted by atomic mass is 9.94. The fourth-order valence-corrected chi connectivity index (χ4v) is 4.72. The number of hydrogen-bond acceptors (Lipinski definition) is 4. The molecule has 0 N–H and O–H groups in total. The van der Waals surface area contributed by atoms with Crippen LogP contribution in [0.5, 0.6) is 5.75 Å². The van der Waals surface area contributed by atoms with Crippen LogP contribution in [0.1, 0.15) is 31.9 Å². The van der Waals surface area contributed by atoms with Crippen LogP contribution < -0.4 is 4.74 Å². The van der Waals surface area contributed by atoms with Gasteiger partial charge >= 0.3 is 0 Å². The highest BCUT2D eigenvalue weighted by Gasteiger charge is 2.34. The van der Waals surface area contributed by atoms with E-state index in [0.29, 0.717) is 42.4 Å². The highest BCUT2D eigenvalue weighted by molar-refractivity contribution is 7.89. The summed E-state index contributed by atoms with van der Waals surface area (Å²) in [6.07, 6.45) is 0. The van der Waals surface area contributed by atoms with E-state index in [1.807, 2.05) is 27.7 Å². The maximum absolute atomic E-state index is 13.0. The molecule has 1 aromatic rings. The Hall–Kier alpha value is -1.60. The largest absolute Gasteiger partial charge is 0.496 e. The Balaban J connectivity index is 2.20. The molecular formula is C18H28N2O4S. The molecule has 6 nitrogen and oxygen atoms in total. The summed E-state index contributed by atoms with van der Waals surface area (Å²) < 4.78 is 32.8. The predicted molar refractivity (Wildman–Crippen MR) is 97.3 cm³/mol. The van der Waals surface area contributed by atoms with Crippen LogP contribution in [-0.2, 0) is 14.8 Å². The first-order chi connectivity index (χ1) is 11.5. The molecule has 1 aliphatic heterocycles. The monoisotopic (exact) mass is 368 g/mol. The van der Waals surface area contributed by atoms with Crippen molar-refractivity contribution in [3.63, 3.8) is 0 Å². The molecule has 7 heteroatoms. The number of aryl methyl sites for hydroxylation is 2. The molecular weight excluding hydrogens is 340 g/mol. The Labute approximate surface area is 150 Å². The van der Waals surface area contributed by atoms with E-state index in [-0.39, 0.29) is 5.91 Å². The number of carbonyl (C=O) groups is 1. The van der Waals surface area contributed by atoms with E-state index in [0.717, 1.165) is 5.56 Å². The molecule has 0 saturated carbocycles. The first-order valence-corrected chi connectivity index (χ1v) is 9.87. The van der Waals surface area contributed by atoms with Crippen LogP contribution in [0.4, 0.5) is 0 Å². The van der Waals surface area contributed by atoms with E-state index in [2.05, 4.69) is 0 Å². The van der Waals surface area contributed by atoms with Gasteiger partial charge in [-0.2, -0.15) is 4.31 Å². The van der Waals surface area contributed by atoms with Crippen molar-refractivity contribution in [1.29, 1.82) is 0 Å². The first kappa shape index (κ1) is 19.7. The summed E-state index contributed by atoms with van der Waals surface area (Å²) in [5, 5.41) is 0. The van der Waals surface area contributed by atoms with Crippen molar-refractivity contribution in [1.82, 2.24) is 9.21 Å². The van der Waals surface area contributed by atoms with Gasteiger partial charge in [0.15, 0.2) is 0 Å². The van der Waals surface area contributed by atoms with Crippen LogP contribution in [0.3, 0.4) is 0 Å². The molecule has 0 spiro atoms. The number of rotatable bonds is 3. The molecule has 25 heavy (non-hydrogen) atoms. The number of amides is 1. The fraction of sp³-hybridized carbons (Fsp3) is 0.611. The maximum Gasteiger partial charge on any atom is 0.243 e. The van der Waals surface area contributed by atoms with Crippen LogP contribution in [0.25, 0.3) is 0 Å². The molecule has 0 bridgehead atoms.